The van der Waals surface area contributed by atoms with Crippen molar-refractivity contribution in [3.8, 4) is 11.3 Å². The SMILES string of the molecule is Cn1cc(Cn2nnc(C(=O)O)c2-c2cccnc2)nn1. The van der Waals surface area contributed by atoms with E-state index in [1.807, 2.05) is 0 Å². The number of carboxylic acids is 1. The van der Waals surface area contributed by atoms with Crippen molar-refractivity contribution in [2.45, 2.75) is 6.54 Å². The molecule has 9 nitrogen and oxygen atoms in total. The Balaban J connectivity index is 2.07. The van der Waals surface area contributed by atoms with Crippen LogP contribution < -0.4 is 0 Å². The number of aromatic nitrogens is 7. The van der Waals surface area contributed by atoms with Gasteiger partial charge in [-0.05, 0) is 12.1 Å². The molecule has 1 N–H and O–H groups in total. The summed E-state index contributed by atoms with van der Waals surface area (Å²) < 4.78 is 3.04. The van der Waals surface area contributed by atoms with Crippen molar-refractivity contribution in [3.05, 3.63) is 42.1 Å². The molecule has 21 heavy (non-hydrogen) atoms. The van der Waals surface area contributed by atoms with Crippen LogP contribution in [0.3, 0.4) is 0 Å². The molecule has 0 unspecified atom stereocenters. The molecule has 3 aromatic rings. The van der Waals surface area contributed by atoms with E-state index in [9.17, 15) is 9.90 Å². The van der Waals surface area contributed by atoms with E-state index in [1.165, 1.54) is 4.68 Å². The lowest BCUT2D eigenvalue weighted by Crippen LogP contribution is -2.06. The molecule has 0 atom stereocenters. The van der Waals surface area contributed by atoms with Crippen molar-refractivity contribution in [2.75, 3.05) is 0 Å². The number of rotatable bonds is 4. The van der Waals surface area contributed by atoms with Crippen LogP contribution in [0.1, 0.15) is 16.2 Å². The van der Waals surface area contributed by atoms with Gasteiger partial charge in [-0.2, -0.15) is 0 Å². The highest BCUT2D eigenvalue weighted by molar-refractivity contribution is 5.92. The zero-order valence-corrected chi connectivity index (χ0v) is 11.1. The molecular weight excluding hydrogens is 274 g/mol. The summed E-state index contributed by atoms with van der Waals surface area (Å²) in [6.45, 7) is 0.276. The van der Waals surface area contributed by atoms with Crippen molar-refractivity contribution in [1.82, 2.24) is 35.0 Å². The quantitative estimate of drug-likeness (QED) is 0.729. The number of hydrogen-bond donors (Lipinski definition) is 1. The Kier molecular flexibility index (Phi) is 3.14. The minimum Gasteiger partial charge on any atom is -0.476 e. The van der Waals surface area contributed by atoms with Gasteiger partial charge < -0.3 is 5.11 Å². The number of nitrogens with zero attached hydrogens (tertiary/aromatic N) is 7. The predicted octanol–water partition coefficient (Wildman–Crippen LogP) is 0.215. The van der Waals surface area contributed by atoms with Crippen LogP contribution in [-0.4, -0.2) is 46.0 Å². The van der Waals surface area contributed by atoms with Crippen LogP contribution in [0.2, 0.25) is 0 Å². The van der Waals surface area contributed by atoms with Crippen LogP contribution in [-0.2, 0) is 13.6 Å². The highest BCUT2D eigenvalue weighted by Crippen LogP contribution is 2.21. The Morgan fingerprint density at radius 3 is 2.81 bits per heavy atom. The Labute approximate surface area is 118 Å². The summed E-state index contributed by atoms with van der Waals surface area (Å²) >= 11 is 0. The van der Waals surface area contributed by atoms with Gasteiger partial charge in [-0.1, -0.05) is 10.4 Å². The average molecular weight is 285 g/mol. The second-order valence-electron chi connectivity index (χ2n) is 4.37. The topological polar surface area (TPSA) is 112 Å². The van der Waals surface area contributed by atoms with Gasteiger partial charge in [-0.25, -0.2) is 9.48 Å². The molecule has 3 heterocycles. The third kappa shape index (κ3) is 2.48. The Morgan fingerprint density at radius 1 is 1.33 bits per heavy atom. The van der Waals surface area contributed by atoms with Crippen LogP contribution >= 0.6 is 0 Å². The van der Waals surface area contributed by atoms with Gasteiger partial charge in [0.05, 0.1) is 12.7 Å². The van der Waals surface area contributed by atoms with Gasteiger partial charge in [0.1, 0.15) is 11.4 Å². The predicted molar refractivity (Wildman–Crippen MR) is 70.3 cm³/mol. The molecule has 0 aliphatic rings. The summed E-state index contributed by atoms with van der Waals surface area (Å²) in [6, 6.07) is 3.48. The van der Waals surface area contributed by atoms with Crippen LogP contribution in [0.15, 0.2) is 30.7 Å². The molecule has 3 rings (SSSR count). The summed E-state index contributed by atoms with van der Waals surface area (Å²) in [5.41, 5.74) is 1.56. The number of carbonyl (C=O) groups is 1. The Morgan fingerprint density at radius 2 is 2.19 bits per heavy atom. The van der Waals surface area contributed by atoms with Crippen molar-refractivity contribution in [2.24, 2.45) is 7.05 Å². The van der Waals surface area contributed by atoms with E-state index < -0.39 is 5.97 Å². The molecule has 3 aromatic heterocycles. The normalized spacial score (nSPS) is 10.7. The van der Waals surface area contributed by atoms with Crippen LogP contribution in [0.4, 0.5) is 0 Å². The summed E-state index contributed by atoms with van der Waals surface area (Å²) in [5.74, 6) is -1.14. The Bertz CT molecular complexity index is 778. The van der Waals surface area contributed by atoms with Gasteiger partial charge in [0.15, 0.2) is 5.69 Å². The molecular formula is C12H11N7O2. The fourth-order valence-electron chi connectivity index (χ4n) is 1.98. The minimum absolute atomic E-state index is 0.119. The van der Waals surface area contributed by atoms with E-state index in [2.05, 4.69) is 25.6 Å². The maximum atomic E-state index is 11.3. The first-order chi connectivity index (χ1) is 10.1. The van der Waals surface area contributed by atoms with Crippen molar-refractivity contribution in [1.29, 1.82) is 0 Å². The Hall–Kier alpha value is -3.10. The number of hydrogen-bond acceptors (Lipinski definition) is 6. The number of aryl methyl sites for hydroxylation is 1. The number of carboxylic acid groups (broad SMARTS) is 1. The third-order valence-corrected chi connectivity index (χ3v) is 2.83. The molecule has 9 heteroatoms. The second kappa shape index (κ2) is 5.12. The molecule has 106 valence electrons. The first kappa shape index (κ1) is 12.9. The summed E-state index contributed by atoms with van der Waals surface area (Å²) in [5, 5.41) is 24.7. The standard InChI is InChI=1S/C12H11N7O2/c1-18-6-9(14-16-18)7-19-11(8-3-2-4-13-5-8)10(12(20)21)15-17-19/h2-6H,7H2,1H3,(H,20,21). The first-order valence-electron chi connectivity index (χ1n) is 6.07. The van der Waals surface area contributed by atoms with Crippen molar-refractivity contribution >= 4 is 5.97 Å². The molecule has 0 amide bonds. The van der Waals surface area contributed by atoms with Crippen molar-refractivity contribution < 1.29 is 9.90 Å². The van der Waals surface area contributed by atoms with Crippen LogP contribution in [0.5, 0.6) is 0 Å². The molecule has 0 aliphatic carbocycles. The van der Waals surface area contributed by atoms with E-state index in [1.54, 1.807) is 42.5 Å². The summed E-state index contributed by atoms with van der Waals surface area (Å²) in [4.78, 5) is 15.3. The lowest BCUT2D eigenvalue weighted by molar-refractivity contribution is 0.0691. The first-order valence-corrected chi connectivity index (χ1v) is 6.07. The lowest BCUT2D eigenvalue weighted by Gasteiger charge is -2.04. The molecule has 0 aromatic carbocycles. The molecule has 0 saturated carbocycles. The largest absolute Gasteiger partial charge is 0.476 e. The molecule has 0 bridgehead atoms. The molecule has 0 spiro atoms. The van der Waals surface area contributed by atoms with Gasteiger partial charge in [0, 0.05) is 25.0 Å². The van der Waals surface area contributed by atoms with Gasteiger partial charge in [0.25, 0.3) is 0 Å². The highest BCUT2D eigenvalue weighted by atomic mass is 16.4. The molecule has 0 saturated heterocycles. The monoisotopic (exact) mass is 285 g/mol. The minimum atomic E-state index is -1.14. The van der Waals surface area contributed by atoms with E-state index >= 15 is 0 Å². The fraction of sp³-hybridized carbons (Fsp3) is 0.167. The maximum absolute atomic E-state index is 11.3. The van der Waals surface area contributed by atoms with E-state index in [0.717, 1.165) is 0 Å². The lowest BCUT2D eigenvalue weighted by atomic mass is 10.1. The zero-order valence-electron chi connectivity index (χ0n) is 11.1. The van der Waals surface area contributed by atoms with E-state index in [0.29, 0.717) is 17.0 Å². The van der Waals surface area contributed by atoms with Gasteiger partial charge in [-0.3, -0.25) is 9.67 Å². The zero-order chi connectivity index (χ0) is 14.8. The maximum Gasteiger partial charge on any atom is 0.358 e. The van der Waals surface area contributed by atoms with Crippen LogP contribution in [0.25, 0.3) is 11.3 Å². The molecule has 0 fully saturated rings. The van der Waals surface area contributed by atoms with Crippen molar-refractivity contribution in [3.63, 3.8) is 0 Å². The van der Waals surface area contributed by atoms with E-state index in [-0.39, 0.29) is 12.2 Å². The summed E-state index contributed by atoms with van der Waals surface area (Å²) in [6.07, 6.45) is 4.91. The fourth-order valence-corrected chi connectivity index (χ4v) is 1.98. The molecule has 0 aliphatic heterocycles. The average Bonchev–Trinajstić information content (AvgIpc) is 3.07. The van der Waals surface area contributed by atoms with Crippen LogP contribution in [0, 0.1) is 0 Å². The number of pyridine rings is 1. The third-order valence-electron chi connectivity index (χ3n) is 2.83. The summed E-state index contributed by atoms with van der Waals surface area (Å²) in [7, 11) is 1.75. The highest BCUT2D eigenvalue weighted by Gasteiger charge is 2.21. The molecule has 0 radical (unpaired) electrons. The van der Waals surface area contributed by atoms with E-state index in [4.69, 9.17) is 0 Å². The number of aromatic carboxylic acids is 1. The van der Waals surface area contributed by atoms with Gasteiger partial charge in [0.2, 0.25) is 0 Å². The second-order valence-corrected chi connectivity index (χ2v) is 4.37. The van der Waals surface area contributed by atoms with Gasteiger partial charge in [-0.15, -0.1) is 10.2 Å². The van der Waals surface area contributed by atoms with Gasteiger partial charge >= 0.3 is 5.97 Å². The smallest absolute Gasteiger partial charge is 0.358 e.